The fourth-order valence-corrected chi connectivity index (χ4v) is 2.81. The monoisotopic (exact) mass is 319 g/mol. The average Bonchev–Trinajstić information content (AvgIpc) is 2.55. The summed E-state index contributed by atoms with van der Waals surface area (Å²) >= 11 is 0. The quantitative estimate of drug-likeness (QED) is 0.942. The molecule has 0 saturated heterocycles. The van der Waals surface area contributed by atoms with E-state index in [1.54, 1.807) is 12.1 Å². The molecule has 6 heteroatoms. The lowest BCUT2D eigenvalue weighted by atomic mass is 9.84. The minimum Gasteiger partial charge on any atom is -0.493 e. The number of fused-ring (bicyclic) bond motifs is 1. The number of methoxy groups -OCH3 is 2. The number of carbonyl (C=O) groups excluding carboxylic acids is 1. The van der Waals surface area contributed by atoms with Gasteiger partial charge in [-0.2, -0.15) is 0 Å². The van der Waals surface area contributed by atoms with Gasteiger partial charge in [-0.25, -0.2) is 8.78 Å². The lowest BCUT2D eigenvalue weighted by Crippen LogP contribution is -2.23. The van der Waals surface area contributed by atoms with Crippen LogP contribution in [0.2, 0.25) is 0 Å². The van der Waals surface area contributed by atoms with Gasteiger partial charge in [-0.1, -0.05) is 6.07 Å². The first-order valence-electron chi connectivity index (χ1n) is 7.04. The van der Waals surface area contributed by atoms with Gasteiger partial charge >= 0.3 is 0 Å². The van der Waals surface area contributed by atoms with Crippen LogP contribution >= 0.6 is 0 Å². The summed E-state index contributed by atoms with van der Waals surface area (Å²) in [5.74, 6) is -1.43. The van der Waals surface area contributed by atoms with Gasteiger partial charge in [0.25, 0.3) is 0 Å². The third-order valence-corrected chi connectivity index (χ3v) is 3.94. The standard InChI is InChI=1S/C17H15F2NO3/c1-22-15-6-11-10(9-3-4-12(18)13(19)5-9)7-17(21)20-14(11)8-16(15)23-2/h3-6,8,10H,7H2,1-2H3,(H,20,21)/t10-/m1/s1. The molecular weight excluding hydrogens is 304 g/mol. The van der Waals surface area contributed by atoms with E-state index in [9.17, 15) is 13.6 Å². The Bertz CT molecular complexity index is 777. The molecule has 0 unspecified atom stereocenters. The van der Waals surface area contributed by atoms with Crippen LogP contribution in [0.5, 0.6) is 11.5 Å². The largest absolute Gasteiger partial charge is 0.493 e. The van der Waals surface area contributed by atoms with Crippen molar-refractivity contribution >= 4 is 11.6 Å². The summed E-state index contributed by atoms with van der Waals surface area (Å²) in [6, 6.07) is 7.09. The summed E-state index contributed by atoms with van der Waals surface area (Å²) in [6.07, 6.45) is 0.146. The Morgan fingerprint density at radius 2 is 1.74 bits per heavy atom. The Kier molecular flexibility index (Phi) is 3.90. The zero-order chi connectivity index (χ0) is 16.6. The van der Waals surface area contributed by atoms with Crippen LogP contribution in [0.15, 0.2) is 30.3 Å². The Labute approximate surface area is 132 Å². The molecule has 1 aliphatic heterocycles. The zero-order valence-corrected chi connectivity index (χ0v) is 12.7. The van der Waals surface area contributed by atoms with Crippen LogP contribution in [0, 0.1) is 11.6 Å². The maximum Gasteiger partial charge on any atom is 0.225 e. The number of hydrogen-bond acceptors (Lipinski definition) is 3. The predicted molar refractivity (Wildman–Crippen MR) is 81.0 cm³/mol. The Morgan fingerprint density at radius 3 is 2.39 bits per heavy atom. The van der Waals surface area contributed by atoms with Crippen molar-refractivity contribution in [2.75, 3.05) is 19.5 Å². The van der Waals surface area contributed by atoms with Crippen LogP contribution in [-0.4, -0.2) is 20.1 Å². The van der Waals surface area contributed by atoms with Gasteiger partial charge in [0.1, 0.15) is 0 Å². The molecule has 0 bridgehead atoms. The van der Waals surface area contributed by atoms with Crippen LogP contribution in [0.4, 0.5) is 14.5 Å². The van der Waals surface area contributed by atoms with E-state index in [-0.39, 0.29) is 18.2 Å². The van der Waals surface area contributed by atoms with E-state index in [1.807, 2.05) is 0 Å². The first-order valence-corrected chi connectivity index (χ1v) is 7.04. The normalized spacial score (nSPS) is 16.5. The number of ether oxygens (including phenoxy) is 2. The highest BCUT2D eigenvalue weighted by Gasteiger charge is 2.29. The number of benzene rings is 2. The van der Waals surface area contributed by atoms with Crippen molar-refractivity contribution in [3.8, 4) is 11.5 Å². The van der Waals surface area contributed by atoms with Crippen molar-refractivity contribution in [1.29, 1.82) is 0 Å². The van der Waals surface area contributed by atoms with Gasteiger partial charge in [0.15, 0.2) is 23.1 Å². The number of rotatable bonds is 3. The van der Waals surface area contributed by atoms with E-state index in [0.29, 0.717) is 22.7 Å². The van der Waals surface area contributed by atoms with Crippen molar-refractivity contribution < 1.29 is 23.0 Å². The second kappa shape index (κ2) is 5.87. The molecule has 120 valence electrons. The molecule has 3 rings (SSSR count). The van der Waals surface area contributed by atoms with E-state index in [1.165, 1.54) is 20.3 Å². The van der Waals surface area contributed by atoms with Crippen LogP contribution in [0.3, 0.4) is 0 Å². The fraction of sp³-hybridized carbons (Fsp3) is 0.235. The van der Waals surface area contributed by atoms with Gasteiger partial charge in [0, 0.05) is 24.1 Å². The summed E-state index contributed by atoms with van der Waals surface area (Å²) in [6.45, 7) is 0. The van der Waals surface area contributed by atoms with Gasteiger partial charge in [0.2, 0.25) is 5.91 Å². The number of hydrogen-bond donors (Lipinski definition) is 1. The first-order chi connectivity index (χ1) is 11.0. The minimum absolute atomic E-state index is 0.146. The summed E-state index contributed by atoms with van der Waals surface area (Å²) in [5.41, 5.74) is 1.88. The maximum absolute atomic E-state index is 13.6. The molecule has 0 saturated carbocycles. The first kappa shape index (κ1) is 15.3. The number of carbonyl (C=O) groups is 1. The molecule has 1 amide bonds. The predicted octanol–water partition coefficient (Wildman–Crippen LogP) is 3.46. The fourth-order valence-electron chi connectivity index (χ4n) is 2.81. The molecule has 0 aliphatic carbocycles. The van der Waals surface area contributed by atoms with Crippen LogP contribution in [0.1, 0.15) is 23.5 Å². The van der Waals surface area contributed by atoms with Crippen LogP contribution in [-0.2, 0) is 4.79 Å². The lowest BCUT2D eigenvalue weighted by molar-refractivity contribution is -0.116. The molecule has 0 radical (unpaired) electrons. The number of halogens is 2. The summed E-state index contributed by atoms with van der Waals surface area (Å²) in [7, 11) is 3.01. The highest BCUT2D eigenvalue weighted by Crippen LogP contribution is 2.43. The maximum atomic E-state index is 13.6. The smallest absolute Gasteiger partial charge is 0.225 e. The molecule has 0 aromatic heterocycles. The minimum atomic E-state index is -0.935. The summed E-state index contributed by atoms with van der Waals surface area (Å²) in [4.78, 5) is 12.0. The van der Waals surface area contributed by atoms with Crippen LogP contribution < -0.4 is 14.8 Å². The van der Waals surface area contributed by atoms with Crippen molar-refractivity contribution in [2.45, 2.75) is 12.3 Å². The highest BCUT2D eigenvalue weighted by molar-refractivity contribution is 5.96. The summed E-state index contributed by atoms with van der Waals surface area (Å²) in [5, 5.41) is 2.77. The molecule has 2 aromatic carbocycles. The molecule has 4 nitrogen and oxygen atoms in total. The number of anilines is 1. The Hall–Kier alpha value is -2.63. The van der Waals surface area contributed by atoms with E-state index in [0.717, 1.165) is 17.7 Å². The Morgan fingerprint density at radius 1 is 1.04 bits per heavy atom. The molecule has 1 aliphatic rings. The Balaban J connectivity index is 2.13. The average molecular weight is 319 g/mol. The van der Waals surface area contributed by atoms with Gasteiger partial charge < -0.3 is 14.8 Å². The van der Waals surface area contributed by atoms with Gasteiger partial charge in [-0.05, 0) is 29.3 Å². The second-order valence-electron chi connectivity index (χ2n) is 5.27. The molecule has 2 aromatic rings. The van der Waals surface area contributed by atoms with Crippen molar-refractivity contribution in [2.24, 2.45) is 0 Å². The number of nitrogens with one attached hydrogen (secondary N) is 1. The molecule has 1 N–H and O–H groups in total. The SMILES string of the molecule is COc1cc2c(cc1OC)[C@@H](c1ccc(F)c(F)c1)CC(=O)N2. The summed E-state index contributed by atoms with van der Waals surface area (Å²) < 4.78 is 37.2. The van der Waals surface area contributed by atoms with Crippen molar-refractivity contribution in [1.82, 2.24) is 0 Å². The molecule has 0 spiro atoms. The third kappa shape index (κ3) is 2.72. The lowest BCUT2D eigenvalue weighted by Gasteiger charge is -2.27. The molecule has 23 heavy (non-hydrogen) atoms. The number of amides is 1. The van der Waals surface area contributed by atoms with Gasteiger partial charge in [0.05, 0.1) is 14.2 Å². The van der Waals surface area contributed by atoms with Crippen molar-refractivity contribution in [3.05, 3.63) is 53.1 Å². The molecular formula is C17H15F2NO3. The van der Waals surface area contributed by atoms with Gasteiger partial charge in [-0.3, -0.25) is 4.79 Å². The van der Waals surface area contributed by atoms with Crippen molar-refractivity contribution in [3.63, 3.8) is 0 Å². The van der Waals surface area contributed by atoms with E-state index in [4.69, 9.17) is 9.47 Å². The van der Waals surface area contributed by atoms with Crippen LogP contribution in [0.25, 0.3) is 0 Å². The van der Waals surface area contributed by atoms with Gasteiger partial charge in [-0.15, -0.1) is 0 Å². The van der Waals surface area contributed by atoms with E-state index < -0.39 is 11.6 Å². The van der Waals surface area contributed by atoms with E-state index in [2.05, 4.69) is 5.32 Å². The molecule has 1 atom stereocenters. The highest BCUT2D eigenvalue weighted by atomic mass is 19.2. The zero-order valence-electron chi connectivity index (χ0n) is 12.7. The van der Waals surface area contributed by atoms with E-state index >= 15 is 0 Å². The molecule has 0 fully saturated rings. The second-order valence-corrected chi connectivity index (χ2v) is 5.27. The third-order valence-electron chi connectivity index (χ3n) is 3.94. The molecule has 1 heterocycles. The topological polar surface area (TPSA) is 47.6 Å².